The van der Waals surface area contributed by atoms with Gasteiger partial charge in [-0.2, -0.15) is 0 Å². The third-order valence-electron chi connectivity index (χ3n) is 4.73. The number of methoxy groups -OCH3 is 2. The van der Waals surface area contributed by atoms with Crippen molar-refractivity contribution < 1.29 is 23.5 Å². The fraction of sp³-hybridized carbons (Fsp3) is 0.273. The molecule has 2 aromatic rings. The van der Waals surface area contributed by atoms with Gasteiger partial charge in [0.05, 0.1) is 24.5 Å². The summed E-state index contributed by atoms with van der Waals surface area (Å²) < 4.78 is 24.8. The molecule has 1 aliphatic heterocycles. The van der Waals surface area contributed by atoms with Crippen LogP contribution in [0.3, 0.4) is 0 Å². The molecule has 0 saturated carbocycles. The van der Waals surface area contributed by atoms with E-state index in [1.807, 2.05) is 0 Å². The molecule has 0 atom stereocenters. The summed E-state index contributed by atoms with van der Waals surface area (Å²) in [5, 5.41) is 0.499. The van der Waals surface area contributed by atoms with E-state index in [1.54, 1.807) is 49.5 Å². The van der Waals surface area contributed by atoms with Gasteiger partial charge in [-0.1, -0.05) is 35.9 Å². The van der Waals surface area contributed by atoms with Crippen molar-refractivity contribution in [1.82, 2.24) is 4.90 Å². The van der Waals surface area contributed by atoms with Gasteiger partial charge in [0, 0.05) is 32.3 Å². The Kier molecular flexibility index (Phi) is 7.20. The number of ether oxygens (including phenoxy) is 2. The predicted octanol–water partition coefficient (Wildman–Crippen LogP) is 3.36. The van der Waals surface area contributed by atoms with Crippen LogP contribution >= 0.6 is 11.6 Å². The number of imide groups is 1. The highest BCUT2D eigenvalue weighted by atomic mass is 35.5. The third kappa shape index (κ3) is 4.38. The first-order chi connectivity index (χ1) is 14.5. The van der Waals surface area contributed by atoms with Gasteiger partial charge in [-0.15, -0.1) is 0 Å². The maximum Gasteiger partial charge on any atom is 0.282 e. The van der Waals surface area contributed by atoms with E-state index in [9.17, 15) is 14.0 Å². The third-order valence-corrected chi connectivity index (χ3v) is 4.98. The van der Waals surface area contributed by atoms with Crippen molar-refractivity contribution >= 4 is 34.7 Å². The zero-order valence-corrected chi connectivity index (χ0v) is 17.5. The molecule has 0 bridgehead atoms. The predicted molar refractivity (Wildman–Crippen MR) is 113 cm³/mol. The average molecular weight is 433 g/mol. The lowest BCUT2D eigenvalue weighted by Crippen LogP contribution is -2.38. The Morgan fingerprint density at radius 2 is 1.53 bits per heavy atom. The van der Waals surface area contributed by atoms with E-state index in [2.05, 4.69) is 0 Å². The van der Waals surface area contributed by atoms with Crippen LogP contribution in [0, 0.1) is 5.82 Å². The fourth-order valence-electron chi connectivity index (χ4n) is 3.28. The first-order valence-electron chi connectivity index (χ1n) is 9.36. The van der Waals surface area contributed by atoms with Gasteiger partial charge >= 0.3 is 0 Å². The summed E-state index contributed by atoms with van der Waals surface area (Å²) in [6.45, 7) is 1.39. The van der Waals surface area contributed by atoms with Gasteiger partial charge in [0.2, 0.25) is 0 Å². The van der Waals surface area contributed by atoms with Gasteiger partial charge in [0.1, 0.15) is 11.5 Å². The number of anilines is 1. The number of halogens is 2. The first kappa shape index (κ1) is 22.0. The quantitative estimate of drug-likeness (QED) is 0.569. The number of amides is 2. The van der Waals surface area contributed by atoms with E-state index in [0.717, 1.165) is 4.90 Å². The molecule has 1 aliphatic rings. The van der Waals surface area contributed by atoms with Crippen molar-refractivity contribution in [3.8, 4) is 0 Å². The number of para-hydroxylation sites is 1. The summed E-state index contributed by atoms with van der Waals surface area (Å²) in [7, 11) is 3.10. The molecular formula is C22H22ClFN2O4. The zero-order valence-electron chi connectivity index (χ0n) is 16.7. The SMILES string of the molecule is COCCN(CCOC)C1=C(c2ccc(Cl)cc2)C(=O)N(c2ccccc2F)C1=O. The summed E-state index contributed by atoms with van der Waals surface area (Å²) in [4.78, 5) is 29.4. The zero-order chi connectivity index (χ0) is 21.7. The molecule has 30 heavy (non-hydrogen) atoms. The molecule has 6 nitrogen and oxygen atoms in total. The normalized spacial score (nSPS) is 14.1. The van der Waals surface area contributed by atoms with E-state index < -0.39 is 17.6 Å². The molecule has 0 N–H and O–H groups in total. The van der Waals surface area contributed by atoms with Crippen molar-refractivity contribution in [2.45, 2.75) is 0 Å². The molecule has 8 heteroatoms. The minimum absolute atomic E-state index is 0.0904. The van der Waals surface area contributed by atoms with Crippen molar-refractivity contribution in [3.05, 3.63) is 70.6 Å². The Morgan fingerprint density at radius 3 is 2.10 bits per heavy atom. The van der Waals surface area contributed by atoms with Crippen LogP contribution in [0.2, 0.25) is 5.02 Å². The summed E-state index contributed by atoms with van der Waals surface area (Å²) in [6, 6.07) is 12.3. The maximum atomic E-state index is 14.5. The van der Waals surface area contributed by atoms with E-state index in [1.165, 1.54) is 18.2 Å². The average Bonchev–Trinajstić information content (AvgIpc) is 2.99. The number of nitrogens with zero attached hydrogens (tertiary/aromatic N) is 2. The monoisotopic (exact) mass is 432 g/mol. The molecule has 0 aromatic heterocycles. The molecule has 0 aliphatic carbocycles. The number of carbonyl (C=O) groups excluding carboxylic acids is 2. The second-order valence-electron chi connectivity index (χ2n) is 6.60. The van der Waals surface area contributed by atoms with E-state index in [-0.39, 0.29) is 17.0 Å². The van der Waals surface area contributed by atoms with Gasteiger partial charge in [0.25, 0.3) is 11.8 Å². The first-order valence-corrected chi connectivity index (χ1v) is 9.73. The summed E-state index contributed by atoms with van der Waals surface area (Å²) in [6.07, 6.45) is 0. The van der Waals surface area contributed by atoms with Crippen LogP contribution in [0.4, 0.5) is 10.1 Å². The molecular weight excluding hydrogens is 411 g/mol. The van der Waals surface area contributed by atoms with Gasteiger partial charge < -0.3 is 14.4 Å². The summed E-state index contributed by atoms with van der Waals surface area (Å²) >= 11 is 5.99. The molecule has 2 amide bonds. The topological polar surface area (TPSA) is 59.1 Å². The standard InChI is InChI=1S/C22H22ClFN2O4/c1-29-13-11-25(12-14-30-2)20-19(15-7-9-16(23)10-8-15)21(27)26(22(20)28)18-6-4-3-5-17(18)24/h3-10H,11-14H2,1-2H3. The molecule has 2 aromatic carbocycles. The van der Waals surface area contributed by atoms with Crippen LogP contribution in [-0.4, -0.2) is 57.2 Å². The van der Waals surface area contributed by atoms with Gasteiger partial charge in [-0.25, -0.2) is 9.29 Å². The van der Waals surface area contributed by atoms with Crippen LogP contribution in [0.5, 0.6) is 0 Å². The van der Waals surface area contributed by atoms with E-state index in [0.29, 0.717) is 36.9 Å². The number of carbonyl (C=O) groups is 2. The lowest BCUT2D eigenvalue weighted by Gasteiger charge is -2.25. The van der Waals surface area contributed by atoms with E-state index in [4.69, 9.17) is 21.1 Å². The number of benzene rings is 2. The second-order valence-corrected chi connectivity index (χ2v) is 7.04. The minimum atomic E-state index is -0.656. The van der Waals surface area contributed by atoms with Crippen LogP contribution in [0.15, 0.2) is 54.2 Å². The molecule has 0 spiro atoms. The molecule has 1 heterocycles. The van der Waals surface area contributed by atoms with Gasteiger partial charge in [0.15, 0.2) is 0 Å². The molecule has 3 rings (SSSR count). The fourth-order valence-corrected chi connectivity index (χ4v) is 3.40. The Hall–Kier alpha value is -2.74. The smallest absolute Gasteiger partial charge is 0.282 e. The van der Waals surface area contributed by atoms with Crippen molar-refractivity contribution in [1.29, 1.82) is 0 Å². The number of rotatable bonds is 9. The van der Waals surface area contributed by atoms with Gasteiger partial charge in [-0.3, -0.25) is 9.59 Å². The summed E-state index contributed by atoms with van der Waals surface area (Å²) in [5.41, 5.74) is 0.797. The van der Waals surface area contributed by atoms with Crippen LogP contribution in [0.25, 0.3) is 5.57 Å². The van der Waals surface area contributed by atoms with Crippen LogP contribution < -0.4 is 4.90 Å². The minimum Gasteiger partial charge on any atom is -0.383 e. The highest BCUT2D eigenvalue weighted by molar-refractivity contribution is 6.45. The van der Waals surface area contributed by atoms with Crippen molar-refractivity contribution in [2.24, 2.45) is 0 Å². The Bertz CT molecular complexity index is 954. The second kappa shape index (κ2) is 9.84. The number of hydrogen-bond donors (Lipinski definition) is 0. The van der Waals surface area contributed by atoms with E-state index >= 15 is 0 Å². The van der Waals surface area contributed by atoms with Crippen molar-refractivity contribution in [3.63, 3.8) is 0 Å². The lowest BCUT2D eigenvalue weighted by molar-refractivity contribution is -0.120. The highest BCUT2D eigenvalue weighted by Gasteiger charge is 2.43. The maximum absolute atomic E-state index is 14.5. The molecule has 158 valence electrons. The molecule has 0 fully saturated rings. The van der Waals surface area contributed by atoms with Crippen LogP contribution in [0.1, 0.15) is 5.56 Å². The Labute approximate surface area is 179 Å². The van der Waals surface area contributed by atoms with Crippen LogP contribution in [-0.2, 0) is 19.1 Å². The highest BCUT2D eigenvalue weighted by Crippen LogP contribution is 2.36. The van der Waals surface area contributed by atoms with Gasteiger partial charge in [-0.05, 0) is 29.8 Å². The Morgan fingerprint density at radius 1 is 0.933 bits per heavy atom. The Balaban J connectivity index is 2.14. The number of hydrogen-bond acceptors (Lipinski definition) is 5. The van der Waals surface area contributed by atoms with Crippen molar-refractivity contribution in [2.75, 3.05) is 45.4 Å². The molecule has 0 radical (unpaired) electrons. The molecule has 0 unspecified atom stereocenters. The summed E-state index contributed by atoms with van der Waals surface area (Å²) in [5.74, 6) is -1.85. The molecule has 0 saturated heterocycles. The largest absolute Gasteiger partial charge is 0.383 e. The lowest BCUT2D eigenvalue weighted by atomic mass is 10.0.